The molecule has 1 aromatic rings. The summed E-state index contributed by atoms with van der Waals surface area (Å²) in [4.78, 5) is 0. The fourth-order valence-electron chi connectivity index (χ4n) is 1.52. The van der Waals surface area contributed by atoms with Crippen molar-refractivity contribution in [1.82, 2.24) is 5.32 Å². The topological polar surface area (TPSA) is 12.0 Å². The minimum absolute atomic E-state index is 0.398. The number of rotatable bonds is 4. The van der Waals surface area contributed by atoms with E-state index < -0.39 is 0 Å². The summed E-state index contributed by atoms with van der Waals surface area (Å²) in [6, 6.07) is 6.44. The first-order valence-electron chi connectivity index (χ1n) is 4.86. The second-order valence-electron chi connectivity index (χ2n) is 3.22. The Kier molecular flexibility index (Phi) is 4.93. The van der Waals surface area contributed by atoms with Crippen molar-refractivity contribution in [2.45, 2.75) is 26.3 Å². The van der Waals surface area contributed by atoms with E-state index >= 15 is 0 Å². The molecule has 1 rings (SSSR count). The monoisotopic (exact) mass is 275 g/mol. The van der Waals surface area contributed by atoms with E-state index in [9.17, 15) is 0 Å². The summed E-state index contributed by atoms with van der Waals surface area (Å²) in [5.74, 6) is 0. The maximum atomic E-state index is 5.99. The summed E-state index contributed by atoms with van der Waals surface area (Å²) in [5, 5.41) is 4.21. The lowest BCUT2D eigenvalue weighted by Crippen LogP contribution is -2.19. The van der Waals surface area contributed by atoms with Crippen LogP contribution in [0.3, 0.4) is 0 Å². The van der Waals surface area contributed by atoms with E-state index in [-0.39, 0.29) is 0 Å². The molecule has 78 valence electrons. The Morgan fingerprint density at radius 1 is 1.36 bits per heavy atom. The van der Waals surface area contributed by atoms with E-state index in [1.165, 1.54) is 5.56 Å². The van der Waals surface area contributed by atoms with Crippen molar-refractivity contribution in [2.75, 3.05) is 6.54 Å². The van der Waals surface area contributed by atoms with Crippen LogP contribution in [0.4, 0.5) is 0 Å². The van der Waals surface area contributed by atoms with Crippen LogP contribution in [-0.2, 0) is 0 Å². The predicted octanol–water partition coefficient (Wildman–Crippen LogP) is 4.16. The molecule has 1 N–H and O–H groups in total. The first-order chi connectivity index (χ1) is 6.67. The molecule has 3 heteroatoms. The Balaban J connectivity index is 2.91. The molecule has 1 unspecified atom stereocenters. The molecule has 0 heterocycles. The highest BCUT2D eigenvalue weighted by molar-refractivity contribution is 9.10. The van der Waals surface area contributed by atoms with Crippen LogP contribution in [0, 0.1) is 0 Å². The zero-order valence-electron chi connectivity index (χ0n) is 8.48. The minimum Gasteiger partial charge on any atom is -0.310 e. The summed E-state index contributed by atoms with van der Waals surface area (Å²) in [5.41, 5.74) is 1.24. The molecule has 0 bridgehead atoms. The zero-order valence-corrected chi connectivity index (χ0v) is 10.8. The SMILES string of the molecule is CCNC(CC)c1cc(Cl)cc(Br)c1. The van der Waals surface area contributed by atoms with Crippen molar-refractivity contribution >= 4 is 27.5 Å². The fraction of sp³-hybridized carbons (Fsp3) is 0.455. The first-order valence-corrected chi connectivity index (χ1v) is 6.03. The number of nitrogens with one attached hydrogen (secondary N) is 1. The summed E-state index contributed by atoms with van der Waals surface area (Å²) in [7, 11) is 0. The van der Waals surface area contributed by atoms with Gasteiger partial charge in [-0.05, 0) is 36.7 Å². The Bertz CT molecular complexity index is 281. The average Bonchev–Trinajstić information content (AvgIpc) is 2.12. The molecule has 14 heavy (non-hydrogen) atoms. The van der Waals surface area contributed by atoms with Gasteiger partial charge >= 0.3 is 0 Å². The smallest absolute Gasteiger partial charge is 0.0420 e. The van der Waals surface area contributed by atoms with E-state index in [0.29, 0.717) is 6.04 Å². The zero-order chi connectivity index (χ0) is 10.6. The van der Waals surface area contributed by atoms with Gasteiger partial charge in [0, 0.05) is 15.5 Å². The van der Waals surface area contributed by atoms with Gasteiger partial charge in [0.15, 0.2) is 0 Å². The Labute approximate surface area is 99.0 Å². The average molecular weight is 277 g/mol. The standard InChI is InChI=1S/C11H15BrClN/c1-3-11(14-4-2)8-5-9(12)7-10(13)6-8/h5-7,11,14H,3-4H2,1-2H3. The van der Waals surface area contributed by atoms with Gasteiger partial charge in [-0.2, -0.15) is 0 Å². The second-order valence-corrected chi connectivity index (χ2v) is 4.57. The van der Waals surface area contributed by atoms with Crippen LogP contribution in [0.1, 0.15) is 31.9 Å². The quantitative estimate of drug-likeness (QED) is 0.870. The van der Waals surface area contributed by atoms with Gasteiger partial charge in [0.05, 0.1) is 0 Å². The second kappa shape index (κ2) is 5.74. The van der Waals surface area contributed by atoms with E-state index in [0.717, 1.165) is 22.5 Å². The van der Waals surface area contributed by atoms with Crippen LogP contribution in [-0.4, -0.2) is 6.54 Å². The lowest BCUT2D eigenvalue weighted by molar-refractivity contribution is 0.537. The Hall–Kier alpha value is -0.0500. The first kappa shape index (κ1) is 12.0. The summed E-state index contributed by atoms with van der Waals surface area (Å²) in [6.07, 6.45) is 1.07. The maximum absolute atomic E-state index is 5.99. The van der Waals surface area contributed by atoms with Crippen LogP contribution in [0.15, 0.2) is 22.7 Å². The molecule has 0 aromatic heterocycles. The van der Waals surface area contributed by atoms with Gasteiger partial charge in [0.1, 0.15) is 0 Å². The maximum Gasteiger partial charge on any atom is 0.0420 e. The number of hydrogen-bond acceptors (Lipinski definition) is 1. The lowest BCUT2D eigenvalue weighted by atomic mass is 10.0. The molecular formula is C11H15BrClN. The number of halogens is 2. The summed E-state index contributed by atoms with van der Waals surface area (Å²) in [6.45, 7) is 5.26. The van der Waals surface area contributed by atoms with Crippen LogP contribution >= 0.6 is 27.5 Å². The highest BCUT2D eigenvalue weighted by Gasteiger charge is 2.08. The van der Waals surface area contributed by atoms with Crippen molar-refractivity contribution in [1.29, 1.82) is 0 Å². The summed E-state index contributed by atoms with van der Waals surface area (Å²) < 4.78 is 1.04. The molecule has 0 aliphatic carbocycles. The van der Waals surface area contributed by atoms with Crippen molar-refractivity contribution in [3.05, 3.63) is 33.3 Å². The molecule has 0 amide bonds. The van der Waals surface area contributed by atoms with E-state index in [2.05, 4.69) is 41.2 Å². The third kappa shape index (κ3) is 3.26. The summed E-state index contributed by atoms with van der Waals surface area (Å²) >= 11 is 9.44. The normalized spacial score (nSPS) is 12.9. The van der Waals surface area contributed by atoms with Crippen LogP contribution in [0.25, 0.3) is 0 Å². The number of benzene rings is 1. The highest BCUT2D eigenvalue weighted by atomic mass is 79.9. The van der Waals surface area contributed by atoms with Crippen LogP contribution in [0.2, 0.25) is 5.02 Å². The van der Waals surface area contributed by atoms with E-state index in [4.69, 9.17) is 11.6 Å². The fourth-order valence-corrected chi connectivity index (χ4v) is 2.41. The van der Waals surface area contributed by atoms with Crippen LogP contribution < -0.4 is 5.32 Å². The third-order valence-electron chi connectivity index (χ3n) is 2.15. The van der Waals surface area contributed by atoms with Gasteiger partial charge in [-0.3, -0.25) is 0 Å². The Morgan fingerprint density at radius 3 is 2.57 bits per heavy atom. The van der Waals surface area contributed by atoms with Gasteiger partial charge in [0.25, 0.3) is 0 Å². The number of hydrogen-bond donors (Lipinski definition) is 1. The van der Waals surface area contributed by atoms with E-state index in [1.54, 1.807) is 0 Å². The van der Waals surface area contributed by atoms with Crippen LogP contribution in [0.5, 0.6) is 0 Å². The molecule has 0 radical (unpaired) electrons. The molecule has 1 atom stereocenters. The minimum atomic E-state index is 0.398. The molecule has 1 aromatic carbocycles. The molecule has 0 fully saturated rings. The van der Waals surface area contributed by atoms with Gasteiger partial charge in [0.2, 0.25) is 0 Å². The third-order valence-corrected chi connectivity index (χ3v) is 2.82. The van der Waals surface area contributed by atoms with Crippen molar-refractivity contribution in [3.8, 4) is 0 Å². The van der Waals surface area contributed by atoms with Gasteiger partial charge < -0.3 is 5.32 Å². The van der Waals surface area contributed by atoms with Gasteiger partial charge in [-0.1, -0.05) is 41.4 Å². The molecule has 1 nitrogen and oxygen atoms in total. The lowest BCUT2D eigenvalue weighted by Gasteiger charge is -2.16. The molecule has 0 saturated carbocycles. The molecular weight excluding hydrogens is 261 g/mol. The highest BCUT2D eigenvalue weighted by Crippen LogP contribution is 2.25. The van der Waals surface area contributed by atoms with Gasteiger partial charge in [-0.25, -0.2) is 0 Å². The Morgan fingerprint density at radius 2 is 2.07 bits per heavy atom. The molecule has 0 aliphatic rings. The molecule has 0 spiro atoms. The van der Waals surface area contributed by atoms with Crippen molar-refractivity contribution in [3.63, 3.8) is 0 Å². The van der Waals surface area contributed by atoms with E-state index in [1.807, 2.05) is 12.1 Å². The largest absolute Gasteiger partial charge is 0.310 e. The van der Waals surface area contributed by atoms with Crippen molar-refractivity contribution in [2.24, 2.45) is 0 Å². The van der Waals surface area contributed by atoms with Gasteiger partial charge in [-0.15, -0.1) is 0 Å². The predicted molar refractivity (Wildman–Crippen MR) is 65.9 cm³/mol. The molecule has 0 saturated heterocycles. The molecule has 0 aliphatic heterocycles. The van der Waals surface area contributed by atoms with Crippen molar-refractivity contribution < 1.29 is 0 Å².